The van der Waals surface area contributed by atoms with Gasteiger partial charge in [0, 0.05) is 19.5 Å². The Bertz CT molecular complexity index is 376. The normalized spacial score (nSPS) is 11.6. The SMILES string of the molecule is CCc1ccc(C(=O)N(CC)CC(C)(C)O)o1. The zero-order chi connectivity index (χ0) is 13.1. The fourth-order valence-corrected chi connectivity index (χ4v) is 1.63. The van der Waals surface area contributed by atoms with Crippen LogP contribution in [0.15, 0.2) is 16.5 Å². The van der Waals surface area contributed by atoms with Crippen LogP contribution in [0.4, 0.5) is 0 Å². The molecule has 17 heavy (non-hydrogen) atoms. The summed E-state index contributed by atoms with van der Waals surface area (Å²) in [7, 11) is 0. The van der Waals surface area contributed by atoms with Crippen LogP contribution in [0, 0.1) is 0 Å². The molecule has 0 aliphatic rings. The minimum atomic E-state index is -0.897. The van der Waals surface area contributed by atoms with Crippen molar-refractivity contribution in [2.45, 2.75) is 39.7 Å². The van der Waals surface area contributed by atoms with Gasteiger partial charge in [-0.05, 0) is 32.9 Å². The van der Waals surface area contributed by atoms with E-state index in [1.165, 1.54) is 0 Å². The van der Waals surface area contributed by atoms with Gasteiger partial charge < -0.3 is 14.4 Å². The minimum absolute atomic E-state index is 0.172. The average Bonchev–Trinajstić information content (AvgIpc) is 2.72. The first-order valence-electron chi connectivity index (χ1n) is 5.97. The summed E-state index contributed by atoms with van der Waals surface area (Å²) in [5.41, 5.74) is -0.897. The van der Waals surface area contributed by atoms with Crippen LogP contribution >= 0.6 is 0 Å². The Labute approximate surface area is 102 Å². The lowest BCUT2D eigenvalue weighted by molar-refractivity contribution is 0.0298. The Morgan fingerprint density at radius 3 is 2.47 bits per heavy atom. The Morgan fingerprint density at radius 1 is 1.41 bits per heavy atom. The number of nitrogens with zero attached hydrogens (tertiary/aromatic N) is 1. The molecule has 0 radical (unpaired) electrons. The first-order valence-corrected chi connectivity index (χ1v) is 5.97. The number of furan rings is 1. The van der Waals surface area contributed by atoms with Gasteiger partial charge in [0.2, 0.25) is 0 Å². The van der Waals surface area contributed by atoms with Crippen LogP contribution in [0.3, 0.4) is 0 Å². The number of hydrogen-bond donors (Lipinski definition) is 1. The fourth-order valence-electron chi connectivity index (χ4n) is 1.63. The number of likely N-dealkylation sites (N-methyl/N-ethyl adjacent to an activating group) is 1. The molecular formula is C13H21NO3. The molecule has 1 N–H and O–H groups in total. The molecule has 0 spiro atoms. The highest BCUT2D eigenvalue weighted by Crippen LogP contribution is 2.13. The van der Waals surface area contributed by atoms with E-state index in [1.54, 1.807) is 24.8 Å². The van der Waals surface area contributed by atoms with Crippen LogP contribution in [0.5, 0.6) is 0 Å². The van der Waals surface area contributed by atoms with Crippen LogP contribution < -0.4 is 0 Å². The maximum absolute atomic E-state index is 12.1. The summed E-state index contributed by atoms with van der Waals surface area (Å²) in [6.07, 6.45) is 0.769. The highest BCUT2D eigenvalue weighted by Gasteiger charge is 2.24. The van der Waals surface area contributed by atoms with Crippen LogP contribution in [-0.2, 0) is 6.42 Å². The van der Waals surface area contributed by atoms with Crippen molar-refractivity contribution in [3.8, 4) is 0 Å². The van der Waals surface area contributed by atoms with Crippen molar-refractivity contribution in [1.29, 1.82) is 0 Å². The predicted molar refractivity (Wildman–Crippen MR) is 66.0 cm³/mol. The number of rotatable bonds is 5. The van der Waals surface area contributed by atoms with Crippen LogP contribution in [0.25, 0.3) is 0 Å². The molecule has 1 heterocycles. The van der Waals surface area contributed by atoms with Gasteiger partial charge in [-0.3, -0.25) is 4.79 Å². The highest BCUT2D eigenvalue weighted by molar-refractivity contribution is 5.91. The molecule has 1 aromatic heterocycles. The van der Waals surface area contributed by atoms with Gasteiger partial charge in [-0.1, -0.05) is 6.92 Å². The second-order valence-electron chi connectivity index (χ2n) is 4.75. The zero-order valence-corrected chi connectivity index (χ0v) is 11.0. The van der Waals surface area contributed by atoms with Crippen molar-refractivity contribution in [2.24, 2.45) is 0 Å². The molecule has 0 atom stereocenters. The number of aliphatic hydroxyl groups is 1. The lowest BCUT2D eigenvalue weighted by Gasteiger charge is -2.27. The number of amides is 1. The van der Waals surface area contributed by atoms with E-state index >= 15 is 0 Å². The molecule has 4 nitrogen and oxygen atoms in total. The maximum Gasteiger partial charge on any atom is 0.289 e. The van der Waals surface area contributed by atoms with Crippen molar-refractivity contribution < 1.29 is 14.3 Å². The number of aryl methyl sites for hydroxylation is 1. The predicted octanol–water partition coefficient (Wildman–Crippen LogP) is 2.08. The van der Waals surface area contributed by atoms with Crippen LogP contribution in [0.1, 0.15) is 44.0 Å². The number of hydrogen-bond acceptors (Lipinski definition) is 3. The molecule has 1 aromatic rings. The average molecular weight is 239 g/mol. The van der Waals surface area contributed by atoms with Gasteiger partial charge in [0.1, 0.15) is 5.76 Å². The first-order chi connectivity index (χ1) is 7.87. The maximum atomic E-state index is 12.1. The Hall–Kier alpha value is -1.29. The third-order valence-electron chi connectivity index (χ3n) is 2.47. The van der Waals surface area contributed by atoms with Crippen molar-refractivity contribution in [1.82, 2.24) is 4.90 Å². The first kappa shape index (κ1) is 13.8. The van der Waals surface area contributed by atoms with E-state index in [4.69, 9.17) is 4.42 Å². The second-order valence-corrected chi connectivity index (χ2v) is 4.75. The van der Waals surface area contributed by atoms with Crippen molar-refractivity contribution in [3.63, 3.8) is 0 Å². The smallest absolute Gasteiger partial charge is 0.289 e. The van der Waals surface area contributed by atoms with Gasteiger partial charge in [-0.25, -0.2) is 0 Å². The monoisotopic (exact) mass is 239 g/mol. The lowest BCUT2D eigenvalue weighted by Crippen LogP contribution is -2.42. The molecule has 1 rings (SSSR count). The Kier molecular flexibility index (Phi) is 4.34. The van der Waals surface area contributed by atoms with E-state index in [1.807, 2.05) is 19.9 Å². The third-order valence-corrected chi connectivity index (χ3v) is 2.47. The summed E-state index contributed by atoms with van der Waals surface area (Å²) in [5, 5.41) is 9.74. The molecule has 1 amide bonds. The van der Waals surface area contributed by atoms with Gasteiger partial charge in [-0.2, -0.15) is 0 Å². The molecule has 0 bridgehead atoms. The van der Waals surface area contributed by atoms with Crippen LogP contribution in [-0.4, -0.2) is 34.6 Å². The van der Waals surface area contributed by atoms with Crippen molar-refractivity contribution >= 4 is 5.91 Å². The largest absolute Gasteiger partial charge is 0.456 e. The quantitative estimate of drug-likeness (QED) is 0.855. The van der Waals surface area contributed by atoms with Gasteiger partial charge in [0.15, 0.2) is 5.76 Å². The van der Waals surface area contributed by atoms with Crippen LogP contribution in [0.2, 0.25) is 0 Å². The summed E-state index contributed by atoms with van der Waals surface area (Å²) >= 11 is 0. The lowest BCUT2D eigenvalue weighted by atomic mass is 10.1. The van der Waals surface area contributed by atoms with Crippen molar-refractivity contribution in [3.05, 3.63) is 23.7 Å². The topological polar surface area (TPSA) is 53.7 Å². The van der Waals surface area contributed by atoms with E-state index in [0.29, 0.717) is 18.8 Å². The fraction of sp³-hybridized carbons (Fsp3) is 0.615. The van der Waals surface area contributed by atoms with Gasteiger partial charge >= 0.3 is 0 Å². The summed E-state index contributed by atoms with van der Waals surface area (Å²) in [6.45, 7) is 8.06. The van der Waals surface area contributed by atoms with E-state index in [9.17, 15) is 9.90 Å². The van der Waals surface area contributed by atoms with Crippen molar-refractivity contribution in [2.75, 3.05) is 13.1 Å². The number of carbonyl (C=O) groups excluding carboxylic acids is 1. The molecule has 0 saturated heterocycles. The van der Waals surface area contributed by atoms with Gasteiger partial charge in [0.25, 0.3) is 5.91 Å². The molecule has 0 aliphatic heterocycles. The summed E-state index contributed by atoms with van der Waals surface area (Å²) in [4.78, 5) is 13.7. The minimum Gasteiger partial charge on any atom is -0.456 e. The molecule has 0 aromatic carbocycles. The molecule has 0 saturated carbocycles. The van der Waals surface area contributed by atoms with Gasteiger partial charge in [-0.15, -0.1) is 0 Å². The third kappa shape index (κ3) is 3.89. The second kappa shape index (κ2) is 5.36. The number of carbonyl (C=O) groups is 1. The molecular weight excluding hydrogens is 218 g/mol. The molecule has 4 heteroatoms. The molecule has 96 valence electrons. The highest BCUT2D eigenvalue weighted by atomic mass is 16.4. The Balaban J connectivity index is 2.79. The Morgan fingerprint density at radius 2 is 2.06 bits per heavy atom. The molecule has 0 unspecified atom stereocenters. The molecule has 0 fully saturated rings. The zero-order valence-electron chi connectivity index (χ0n) is 11.0. The van der Waals surface area contributed by atoms with E-state index < -0.39 is 5.60 Å². The van der Waals surface area contributed by atoms with E-state index in [-0.39, 0.29) is 5.91 Å². The standard InChI is InChI=1S/C13H21NO3/c1-5-10-7-8-11(17-10)12(15)14(6-2)9-13(3,4)16/h7-8,16H,5-6,9H2,1-4H3. The van der Waals surface area contributed by atoms with E-state index in [0.717, 1.165) is 12.2 Å². The summed E-state index contributed by atoms with van der Waals surface area (Å²) in [5.74, 6) is 0.968. The summed E-state index contributed by atoms with van der Waals surface area (Å²) in [6, 6.07) is 3.50. The summed E-state index contributed by atoms with van der Waals surface area (Å²) < 4.78 is 5.42. The van der Waals surface area contributed by atoms with Gasteiger partial charge in [0.05, 0.1) is 5.60 Å². The molecule has 0 aliphatic carbocycles. The van der Waals surface area contributed by atoms with E-state index in [2.05, 4.69) is 0 Å².